The van der Waals surface area contributed by atoms with Gasteiger partial charge in [-0.3, -0.25) is 4.98 Å². The van der Waals surface area contributed by atoms with Crippen LogP contribution in [0.4, 0.5) is 11.6 Å². The summed E-state index contributed by atoms with van der Waals surface area (Å²) in [6, 6.07) is 8.37. The zero-order valence-electron chi connectivity index (χ0n) is 14.5. The zero-order valence-corrected chi connectivity index (χ0v) is 16.1. The van der Waals surface area contributed by atoms with Crippen LogP contribution < -0.4 is 15.0 Å². The molecule has 26 heavy (non-hydrogen) atoms. The first kappa shape index (κ1) is 17.0. The van der Waals surface area contributed by atoms with Crippen LogP contribution in [0.15, 0.2) is 47.3 Å². The van der Waals surface area contributed by atoms with Gasteiger partial charge >= 0.3 is 0 Å². The number of methoxy groups -OCH3 is 1. The van der Waals surface area contributed by atoms with E-state index in [1.807, 2.05) is 36.8 Å². The second kappa shape index (κ2) is 7.45. The number of aromatic nitrogens is 3. The highest BCUT2D eigenvalue weighted by Crippen LogP contribution is 2.29. The number of anilines is 2. The van der Waals surface area contributed by atoms with Crippen LogP contribution in [0.1, 0.15) is 12.8 Å². The van der Waals surface area contributed by atoms with Crippen LogP contribution >= 0.6 is 15.9 Å². The Kier molecular flexibility index (Phi) is 4.88. The van der Waals surface area contributed by atoms with Gasteiger partial charge < -0.3 is 15.0 Å². The van der Waals surface area contributed by atoms with Crippen molar-refractivity contribution in [2.75, 3.05) is 30.4 Å². The Bertz CT molecular complexity index is 897. The van der Waals surface area contributed by atoms with Gasteiger partial charge in [0.1, 0.15) is 11.3 Å². The monoisotopic (exact) mass is 413 g/mol. The quantitative estimate of drug-likeness (QED) is 0.699. The lowest BCUT2D eigenvalue weighted by atomic mass is 10.0. The summed E-state index contributed by atoms with van der Waals surface area (Å²) in [6.07, 6.45) is 7.64. The molecular weight excluding hydrogens is 394 g/mol. The fourth-order valence-electron chi connectivity index (χ4n) is 3.31. The summed E-state index contributed by atoms with van der Waals surface area (Å²) in [4.78, 5) is 15.7. The van der Waals surface area contributed by atoms with Crippen LogP contribution in [0.25, 0.3) is 10.9 Å². The van der Waals surface area contributed by atoms with Crippen molar-refractivity contribution in [3.8, 4) is 5.75 Å². The maximum Gasteiger partial charge on any atom is 0.223 e. The number of fused-ring (bicyclic) bond motifs is 1. The first-order valence-electron chi connectivity index (χ1n) is 8.65. The van der Waals surface area contributed by atoms with E-state index in [-0.39, 0.29) is 0 Å². The summed E-state index contributed by atoms with van der Waals surface area (Å²) in [6.45, 7) is 1.99. The van der Waals surface area contributed by atoms with Crippen molar-refractivity contribution in [3.63, 3.8) is 0 Å². The molecule has 1 saturated heterocycles. The van der Waals surface area contributed by atoms with Gasteiger partial charge in [0.15, 0.2) is 0 Å². The smallest absolute Gasteiger partial charge is 0.223 e. The lowest BCUT2D eigenvalue weighted by molar-refractivity contribution is 0.418. The van der Waals surface area contributed by atoms with E-state index in [1.54, 1.807) is 7.11 Å². The second-order valence-electron chi connectivity index (χ2n) is 6.36. The van der Waals surface area contributed by atoms with E-state index in [0.717, 1.165) is 47.1 Å². The van der Waals surface area contributed by atoms with E-state index in [4.69, 9.17) is 4.74 Å². The summed E-state index contributed by atoms with van der Waals surface area (Å²) in [5, 5.41) is 4.43. The third-order valence-electron chi connectivity index (χ3n) is 4.67. The third kappa shape index (κ3) is 3.58. The summed E-state index contributed by atoms with van der Waals surface area (Å²) < 4.78 is 6.41. The Morgan fingerprint density at radius 3 is 2.81 bits per heavy atom. The SMILES string of the molecule is COc1cc(Br)cc2cnc(NC3CCN(c4cccnc4)CC3)nc12. The molecule has 0 bridgehead atoms. The van der Waals surface area contributed by atoms with Gasteiger partial charge in [-0.15, -0.1) is 0 Å². The Morgan fingerprint density at radius 2 is 2.08 bits per heavy atom. The molecule has 1 aliphatic heterocycles. The minimum atomic E-state index is 0.363. The largest absolute Gasteiger partial charge is 0.494 e. The van der Waals surface area contributed by atoms with Gasteiger partial charge in [0.2, 0.25) is 5.95 Å². The second-order valence-corrected chi connectivity index (χ2v) is 7.27. The molecule has 4 rings (SSSR count). The molecule has 134 valence electrons. The maximum atomic E-state index is 5.46. The Labute approximate surface area is 160 Å². The van der Waals surface area contributed by atoms with Crippen LogP contribution in [0, 0.1) is 0 Å². The number of pyridine rings is 1. The molecule has 1 fully saturated rings. The minimum Gasteiger partial charge on any atom is -0.494 e. The van der Waals surface area contributed by atoms with Gasteiger partial charge in [0, 0.05) is 41.4 Å². The van der Waals surface area contributed by atoms with Crippen molar-refractivity contribution < 1.29 is 4.74 Å². The number of ether oxygens (including phenoxy) is 1. The number of rotatable bonds is 4. The highest BCUT2D eigenvalue weighted by atomic mass is 79.9. The molecule has 0 spiro atoms. The standard InChI is InChI=1S/C19H20BrN5O/c1-26-17-10-14(20)9-13-11-22-19(24-18(13)17)23-15-4-7-25(8-5-15)16-3-2-6-21-12-16/h2-3,6,9-12,15H,4-5,7-8H2,1H3,(H,22,23,24). The van der Waals surface area contributed by atoms with Crippen molar-refractivity contribution in [2.45, 2.75) is 18.9 Å². The number of halogens is 1. The summed E-state index contributed by atoms with van der Waals surface area (Å²) in [5.74, 6) is 1.39. The molecule has 1 aliphatic rings. The number of nitrogens with one attached hydrogen (secondary N) is 1. The number of hydrogen-bond acceptors (Lipinski definition) is 6. The Morgan fingerprint density at radius 1 is 1.23 bits per heavy atom. The normalized spacial score (nSPS) is 15.2. The van der Waals surface area contributed by atoms with Crippen molar-refractivity contribution in [2.24, 2.45) is 0 Å². The first-order valence-corrected chi connectivity index (χ1v) is 9.44. The molecule has 7 heteroatoms. The van der Waals surface area contributed by atoms with E-state index in [9.17, 15) is 0 Å². The highest BCUT2D eigenvalue weighted by Gasteiger charge is 2.20. The van der Waals surface area contributed by atoms with Gasteiger partial charge in [-0.05, 0) is 37.1 Å². The summed E-state index contributed by atoms with van der Waals surface area (Å²) in [7, 11) is 1.66. The highest BCUT2D eigenvalue weighted by molar-refractivity contribution is 9.10. The molecule has 6 nitrogen and oxygen atoms in total. The molecule has 3 aromatic rings. The lowest BCUT2D eigenvalue weighted by Gasteiger charge is -2.33. The van der Waals surface area contributed by atoms with Gasteiger partial charge in [-0.25, -0.2) is 9.97 Å². The van der Waals surface area contributed by atoms with E-state index in [1.165, 1.54) is 5.69 Å². The van der Waals surface area contributed by atoms with E-state index in [0.29, 0.717) is 12.0 Å². The average Bonchev–Trinajstić information content (AvgIpc) is 2.69. The Balaban J connectivity index is 1.46. The van der Waals surface area contributed by atoms with Crippen molar-refractivity contribution in [3.05, 3.63) is 47.3 Å². The molecule has 1 N–H and O–H groups in total. The number of piperidine rings is 1. The predicted octanol–water partition coefficient (Wildman–Crippen LogP) is 3.88. The molecular formula is C19H20BrN5O. The van der Waals surface area contributed by atoms with Crippen LogP contribution in [0.2, 0.25) is 0 Å². The third-order valence-corrected chi connectivity index (χ3v) is 5.13. The molecule has 0 atom stereocenters. The number of benzene rings is 1. The zero-order chi connectivity index (χ0) is 17.9. The molecule has 0 unspecified atom stereocenters. The number of hydrogen-bond donors (Lipinski definition) is 1. The maximum absolute atomic E-state index is 5.46. The van der Waals surface area contributed by atoms with E-state index >= 15 is 0 Å². The van der Waals surface area contributed by atoms with Crippen molar-refractivity contribution >= 4 is 38.5 Å². The first-order chi connectivity index (χ1) is 12.7. The molecule has 0 radical (unpaired) electrons. The predicted molar refractivity (Wildman–Crippen MR) is 107 cm³/mol. The fourth-order valence-corrected chi connectivity index (χ4v) is 3.76. The van der Waals surface area contributed by atoms with Crippen LogP contribution in [0.5, 0.6) is 5.75 Å². The fraction of sp³-hybridized carbons (Fsp3) is 0.316. The average molecular weight is 414 g/mol. The van der Waals surface area contributed by atoms with Crippen LogP contribution in [-0.4, -0.2) is 41.2 Å². The summed E-state index contributed by atoms with van der Waals surface area (Å²) in [5.41, 5.74) is 2.00. The van der Waals surface area contributed by atoms with Crippen LogP contribution in [-0.2, 0) is 0 Å². The topological polar surface area (TPSA) is 63.2 Å². The van der Waals surface area contributed by atoms with E-state index < -0.39 is 0 Å². The van der Waals surface area contributed by atoms with Crippen molar-refractivity contribution in [1.82, 2.24) is 15.0 Å². The van der Waals surface area contributed by atoms with Gasteiger partial charge in [-0.2, -0.15) is 0 Å². The summed E-state index contributed by atoms with van der Waals surface area (Å²) >= 11 is 3.49. The molecule has 2 aromatic heterocycles. The number of nitrogens with zero attached hydrogens (tertiary/aromatic N) is 4. The Hall–Kier alpha value is -2.41. The van der Waals surface area contributed by atoms with Crippen LogP contribution in [0.3, 0.4) is 0 Å². The van der Waals surface area contributed by atoms with Gasteiger partial charge in [0.05, 0.1) is 19.0 Å². The minimum absolute atomic E-state index is 0.363. The van der Waals surface area contributed by atoms with Gasteiger partial charge in [0.25, 0.3) is 0 Å². The lowest BCUT2D eigenvalue weighted by Crippen LogP contribution is -2.39. The van der Waals surface area contributed by atoms with Gasteiger partial charge in [-0.1, -0.05) is 15.9 Å². The van der Waals surface area contributed by atoms with Crippen molar-refractivity contribution in [1.29, 1.82) is 0 Å². The molecule has 0 aliphatic carbocycles. The molecule has 0 amide bonds. The molecule has 0 saturated carbocycles. The molecule has 3 heterocycles. The van der Waals surface area contributed by atoms with E-state index in [2.05, 4.69) is 47.2 Å². The molecule has 1 aromatic carbocycles.